The topological polar surface area (TPSA) is 9.23 Å². The van der Waals surface area contributed by atoms with Gasteiger partial charge < -0.3 is 4.74 Å². The van der Waals surface area contributed by atoms with Crippen molar-refractivity contribution in [2.75, 3.05) is 0 Å². The Morgan fingerprint density at radius 3 is 1.67 bits per heavy atom. The van der Waals surface area contributed by atoms with Crippen LogP contribution in [-0.4, -0.2) is 10.2 Å². The van der Waals surface area contributed by atoms with Gasteiger partial charge in [-0.15, -0.1) is 0 Å². The SMILES string of the molecule is [SiH3]C(c1ccccc1)c1ccc(Oc2ccccc2)cc1. The Morgan fingerprint density at radius 1 is 0.571 bits per heavy atom. The van der Waals surface area contributed by atoms with Crippen molar-refractivity contribution in [3.05, 3.63) is 96.1 Å². The lowest BCUT2D eigenvalue weighted by Crippen LogP contribution is -1.99. The van der Waals surface area contributed by atoms with E-state index in [9.17, 15) is 0 Å². The first-order valence-corrected chi connectivity index (χ1v) is 8.36. The van der Waals surface area contributed by atoms with Gasteiger partial charge >= 0.3 is 0 Å². The third kappa shape index (κ3) is 3.41. The molecule has 0 fully saturated rings. The Hall–Kier alpha value is -2.32. The molecule has 0 saturated heterocycles. The highest BCUT2D eigenvalue weighted by Crippen LogP contribution is 2.25. The minimum atomic E-state index is 0.525. The van der Waals surface area contributed by atoms with Crippen LogP contribution in [0.25, 0.3) is 0 Å². The molecule has 0 aliphatic rings. The summed E-state index contributed by atoms with van der Waals surface area (Å²) in [5, 5.41) is 0. The summed E-state index contributed by atoms with van der Waals surface area (Å²) in [5.41, 5.74) is 3.27. The predicted octanol–water partition coefficient (Wildman–Crippen LogP) is 3.93. The first-order valence-electron chi connectivity index (χ1n) is 7.21. The number of benzene rings is 3. The minimum absolute atomic E-state index is 0.525. The highest BCUT2D eigenvalue weighted by Gasteiger charge is 2.07. The van der Waals surface area contributed by atoms with Crippen molar-refractivity contribution in [1.82, 2.24) is 0 Å². The van der Waals surface area contributed by atoms with E-state index in [1.165, 1.54) is 11.1 Å². The van der Waals surface area contributed by atoms with Crippen LogP contribution < -0.4 is 4.74 Å². The molecule has 0 aliphatic heterocycles. The summed E-state index contributed by atoms with van der Waals surface area (Å²) in [6.07, 6.45) is 0. The quantitative estimate of drug-likeness (QED) is 0.661. The smallest absolute Gasteiger partial charge is 0.127 e. The zero-order valence-electron chi connectivity index (χ0n) is 12.1. The first kappa shape index (κ1) is 13.7. The molecule has 1 nitrogen and oxygen atoms in total. The molecular formula is C19H18OSi. The van der Waals surface area contributed by atoms with Gasteiger partial charge in [0.25, 0.3) is 0 Å². The molecule has 0 heterocycles. The van der Waals surface area contributed by atoms with E-state index in [0.29, 0.717) is 5.54 Å². The van der Waals surface area contributed by atoms with Crippen LogP contribution in [0.5, 0.6) is 11.5 Å². The van der Waals surface area contributed by atoms with Crippen LogP contribution >= 0.6 is 0 Å². The van der Waals surface area contributed by atoms with Crippen molar-refractivity contribution < 1.29 is 4.74 Å². The average molecular weight is 290 g/mol. The van der Waals surface area contributed by atoms with Gasteiger partial charge in [0.1, 0.15) is 11.5 Å². The summed E-state index contributed by atoms with van der Waals surface area (Å²) in [4.78, 5) is 0. The summed E-state index contributed by atoms with van der Waals surface area (Å²) < 4.78 is 5.83. The van der Waals surface area contributed by atoms with Gasteiger partial charge in [0, 0.05) is 10.2 Å². The van der Waals surface area contributed by atoms with Gasteiger partial charge in [-0.05, 0) is 40.9 Å². The van der Waals surface area contributed by atoms with Gasteiger partial charge in [0.2, 0.25) is 0 Å². The van der Waals surface area contributed by atoms with E-state index in [2.05, 4.69) is 54.6 Å². The van der Waals surface area contributed by atoms with Crippen LogP contribution in [-0.2, 0) is 0 Å². The molecule has 0 spiro atoms. The molecule has 0 N–H and O–H groups in total. The van der Waals surface area contributed by atoms with Crippen molar-refractivity contribution in [3.63, 3.8) is 0 Å². The fourth-order valence-corrected chi connectivity index (χ4v) is 3.15. The molecule has 0 saturated carbocycles. The molecular weight excluding hydrogens is 272 g/mol. The Kier molecular flexibility index (Phi) is 4.17. The van der Waals surface area contributed by atoms with Gasteiger partial charge in [-0.2, -0.15) is 0 Å². The van der Waals surface area contributed by atoms with Crippen molar-refractivity contribution >= 4 is 10.2 Å². The fraction of sp³-hybridized carbons (Fsp3) is 0.0526. The van der Waals surface area contributed by atoms with Crippen molar-refractivity contribution in [1.29, 1.82) is 0 Å². The largest absolute Gasteiger partial charge is 0.457 e. The zero-order chi connectivity index (χ0) is 14.5. The van der Waals surface area contributed by atoms with E-state index in [1.807, 2.05) is 30.3 Å². The second kappa shape index (κ2) is 6.42. The maximum Gasteiger partial charge on any atom is 0.127 e. The maximum absolute atomic E-state index is 5.83. The van der Waals surface area contributed by atoms with E-state index >= 15 is 0 Å². The zero-order valence-corrected chi connectivity index (χ0v) is 14.1. The molecule has 0 radical (unpaired) electrons. The monoisotopic (exact) mass is 290 g/mol. The third-order valence-corrected chi connectivity index (χ3v) is 4.99. The van der Waals surface area contributed by atoms with E-state index in [-0.39, 0.29) is 0 Å². The van der Waals surface area contributed by atoms with E-state index in [4.69, 9.17) is 4.74 Å². The molecule has 2 heteroatoms. The molecule has 1 atom stereocenters. The summed E-state index contributed by atoms with van der Waals surface area (Å²) in [6, 6.07) is 29.0. The summed E-state index contributed by atoms with van der Waals surface area (Å²) >= 11 is 0. The Balaban J connectivity index is 1.75. The summed E-state index contributed by atoms with van der Waals surface area (Å²) in [6.45, 7) is 0. The maximum atomic E-state index is 5.83. The van der Waals surface area contributed by atoms with E-state index in [0.717, 1.165) is 21.7 Å². The van der Waals surface area contributed by atoms with Crippen molar-refractivity contribution in [2.24, 2.45) is 0 Å². The van der Waals surface area contributed by atoms with Gasteiger partial charge in [-0.3, -0.25) is 0 Å². The van der Waals surface area contributed by atoms with Crippen molar-refractivity contribution in [3.8, 4) is 11.5 Å². The Bertz CT molecular complexity index is 678. The first-order chi connectivity index (χ1) is 10.3. The molecule has 21 heavy (non-hydrogen) atoms. The molecule has 3 rings (SSSR count). The number of rotatable bonds is 4. The highest BCUT2D eigenvalue weighted by molar-refractivity contribution is 6.14. The predicted molar refractivity (Wildman–Crippen MR) is 91.2 cm³/mol. The van der Waals surface area contributed by atoms with Gasteiger partial charge in [0.05, 0.1) is 0 Å². The second-order valence-corrected chi connectivity index (χ2v) is 6.27. The normalized spacial score (nSPS) is 12.0. The molecule has 0 aromatic heterocycles. The van der Waals surface area contributed by atoms with Crippen LogP contribution in [0.2, 0.25) is 0 Å². The van der Waals surface area contributed by atoms with E-state index in [1.54, 1.807) is 0 Å². The number of hydrogen-bond acceptors (Lipinski definition) is 1. The van der Waals surface area contributed by atoms with Crippen LogP contribution in [0.3, 0.4) is 0 Å². The lowest BCUT2D eigenvalue weighted by atomic mass is 10.0. The van der Waals surface area contributed by atoms with Gasteiger partial charge in [-0.1, -0.05) is 60.7 Å². The number of ether oxygens (including phenoxy) is 1. The summed E-state index contributed by atoms with van der Waals surface area (Å²) in [7, 11) is 1.10. The Labute approximate surface area is 128 Å². The van der Waals surface area contributed by atoms with Crippen LogP contribution in [0.4, 0.5) is 0 Å². The van der Waals surface area contributed by atoms with Gasteiger partial charge in [-0.25, -0.2) is 0 Å². The fourth-order valence-electron chi connectivity index (χ4n) is 2.38. The third-order valence-electron chi connectivity index (χ3n) is 3.66. The lowest BCUT2D eigenvalue weighted by molar-refractivity contribution is 0.482. The summed E-state index contributed by atoms with van der Waals surface area (Å²) in [5.74, 6) is 1.75. The molecule has 1 unspecified atom stereocenters. The minimum Gasteiger partial charge on any atom is -0.457 e. The molecule has 0 bridgehead atoms. The van der Waals surface area contributed by atoms with E-state index < -0.39 is 0 Å². The highest BCUT2D eigenvalue weighted by atomic mass is 28.1. The van der Waals surface area contributed by atoms with Crippen LogP contribution in [0.1, 0.15) is 16.7 Å². The van der Waals surface area contributed by atoms with Crippen LogP contribution in [0.15, 0.2) is 84.9 Å². The van der Waals surface area contributed by atoms with Gasteiger partial charge in [0.15, 0.2) is 0 Å². The molecule has 3 aromatic rings. The number of hydrogen-bond donors (Lipinski definition) is 0. The van der Waals surface area contributed by atoms with Crippen molar-refractivity contribution in [2.45, 2.75) is 5.54 Å². The van der Waals surface area contributed by atoms with Crippen LogP contribution in [0, 0.1) is 0 Å². The Morgan fingerprint density at radius 2 is 1.05 bits per heavy atom. The number of para-hydroxylation sites is 1. The molecule has 104 valence electrons. The molecule has 0 aliphatic carbocycles. The second-order valence-electron chi connectivity index (χ2n) is 5.12. The molecule has 0 amide bonds. The lowest BCUT2D eigenvalue weighted by Gasteiger charge is -2.13. The standard InChI is InChI=1S/C19H18OSi/c21-19(15-7-3-1-4-8-15)16-11-13-18(14-12-16)20-17-9-5-2-6-10-17/h1-14,19H,21H3. The average Bonchev–Trinajstić information content (AvgIpc) is 2.57. The molecule has 3 aromatic carbocycles.